The summed E-state index contributed by atoms with van der Waals surface area (Å²) in [5.41, 5.74) is 2.33. The van der Waals surface area contributed by atoms with Crippen LogP contribution in [0.1, 0.15) is 77.2 Å². The lowest BCUT2D eigenvalue weighted by Gasteiger charge is -2.50. The van der Waals surface area contributed by atoms with Crippen LogP contribution in [0.4, 0.5) is 0 Å². The van der Waals surface area contributed by atoms with Crippen molar-refractivity contribution in [3.05, 3.63) is 42.0 Å². The standard InChI is InChI=1S/C25H36O/c1-19-7-6-10-24(2,16-19)22-14-21(13-20-8-5-9-23(26)15-20)17-25(18-22)11-3-4-12-25/h5-6,8-10,15,19,21-22,26H,3-4,7,11-14,16-18H2,1-2H3. The number of phenols is 1. The molecule has 0 aliphatic heterocycles. The van der Waals surface area contributed by atoms with Crippen molar-refractivity contribution in [1.29, 1.82) is 0 Å². The number of aromatic hydroxyl groups is 1. The summed E-state index contributed by atoms with van der Waals surface area (Å²) in [6.07, 6.45) is 18.8. The Kier molecular flexibility index (Phi) is 4.92. The van der Waals surface area contributed by atoms with Crippen molar-refractivity contribution >= 4 is 0 Å². The largest absolute Gasteiger partial charge is 0.508 e. The summed E-state index contributed by atoms with van der Waals surface area (Å²) < 4.78 is 0. The minimum Gasteiger partial charge on any atom is -0.508 e. The summed E-state index contributed by atoms with van der Waals surface area (Å²) in [7, 11) is 0. The van der Waals surface area contributed by atoms with Gasteiger partial charge in [0.25, 0.3) is 0 Å². The molecule has 4 atom stereocenters. The quantitative estimate of drug-likeness (QED) is 0.586. The summed E-state index contributed by atoms with van der Waals surface area (Å²) in [5.74, 6) is 2.85. The molecule has 2 fully saturated rings. The van der Waals surface area contributed by atoms with Crippen LogP contribution in [0, 0.1) is 28.6 Å². The maximum absolute atomic E-state index is 9.86. The third-order valence-corrected chi connectivity index (χ3v) is 7.88. The van der Waals surface area contributed by atoms with Crippen molar-refractivity contribution in [3.8, 4) is 5.75 Å². The van der Waals surface area contributed by atoms with E-state index in [1.807, 2.05) is 12.1 Å². The van der Waals surface area contributed by atoms with Crippen molar-refractivity contribution in [3.63, 3.8) is 0 Å². The monoisotopic (exact) mass is 352 g/mol. The minimum atomic E-state index is 0.394. The Labute approximate surface area is 159 Å². The van der Waals surface area contributed by atoms with Crippen LogP contribution in [0.3, 0.4) is 0 Å². The molecule has 2 saturated carbocycles. The fourth-order valence-electron chi connectivity index (χ4n) is 6.77. The molecule has 0 amide bonds. The van der Waals surface area contributed by atoms with Crippen LogP contribution in [0.15, 0.2) is 36.4 Å². The van der Waals surface area contributed by atoms with Crippen molar-refractivity contribution in [1.82, 2.24) is 0 Å². The third kappa shape index (κ3) is 3.73. The SMILES string of the molecule is CC1CC=CC(C)(C2CC(Cc3cccc(O)c3)CC3(CCCC3)C2)C1. The van der Waals surface area contributed by atoms with E-state index in [9.17, 15) is 5.11 Å². The highest BCUT2D eigenvalue weighted by atomic mass is 16.3. The summed E-state index contributed by atoms with van der Waals surface area (Å²) in [4.78, 5) is 0. The van der Waals surface area contributed by atoms with Gasteiger partial charge < -0.3 is 5.11 Å². The van der Waals surface area contributed by atoms with Gasteiger partial charge in [0.1, 0.15) is 5.75 Å². The average Bonchev–Trinajstić information content (AvgIpc) is 3.01. The lowest BCUT2D eigenvalue weighted by Crippen LogP contribution is -2.40. The highest BCUT2D eigenvalue weighted by Gasteiger charge is 2.47. The van der Waals surface area contributed by atoms with Gasteiger partial charge in [0.15, 0.2) is 0 Å². The molecule has 4 unspecified atom stereocenters. The molecular weight excluding hydrogens is 316 g/mol. The maximum Gasteiger partial charge on any atom is 0.115 e. The summed E-state index contributed by atoms with van der Waals surface area (Å²) in [6.45, 7) is 4.98. The number of hydrogen-bond donors (Lipinski definition) is 1. The molecule has 4 rings (SSSR count). The van der Waals surface area contributed by atoms with Crippen molar-refractivity contribution < 1.29 is 5.11 Å². The predicted molar refractivity (Wildman–Crippen MR) is 109 cm³/mol. The van der Waals surface area contributed by atoms with Crippen LogP contribution >= 0.6 is 0 Å². The molecule has 1 aromatic carbocycles. The topological polar surface area (TPSA) is 20.2 Å². The highest BCUT2D eigenvalue weighted by Crippen LogP contribution is 2.58. The Hall–Kier alpha value is -1.24. The minimum absolute atomic E-state index is 0.394. The lowest BCUT2D eigenvalue weighted by atomic mass is 9.55. The summed E-state index contributed by atoms with van der Waals surface area (Å²) in [6, 6.07) is 7.98. The molecule has 1 spiro atoms. The van der Waals surface area contributed by atoms with E-state index in [1.54, 1.807) is 6.07 Å². The molecular formula is C25H36O. The number of phenolic OH excluding ortho intramolecular Hbond substituents is 1. The summed E-state index contributed by atoms with van der Waals surface area (Å²) in [5, 5.41) is 9.86. The fourth-order valence-corrected chi connectivity index (χ4v) is 6.77. The van der Waals surface area contributed by atoms with E-state index in [-0.39, 0.29) is 0 Å². The summed E-state index contributed by atoms with van der Waals surface area (Å²) >= 11 is 0. The van der Waals surface area contributed by atoms with Gasteiger partial charge in [0.2, 0.25) is 0 Å². The van der Waals surface area contributed by atoms with Crippen LogP contribution < -0.4 is 0 Å². The highest BCUT2D eigenvalue weighted by molar-refractivity contribution is 5.27. The van der Waals surface area contributed by atoms with Crippen LogP contribution in [0.25, 0.3) is 0 Å². The van der Waals surface area contributed by atoms with Gasteiger partial charge in [-0.15, -0.1) is 0 Å². The first kappa shape index (κ1) is 18.1. The Morgan fingerprint density at radius 1 is 1.12 bits per heavy atom. The van der Waals surface area contributed by atoms with Crippen LogP contribution in [0.5, 0.6) is 5.75 Å². The van der Waals surface area contributed by atoms with Gasteiger partial charge in [-0.2, -0.15) is 0 Å². The van der Waals surface area contributed by atoms with Gasteiger partial charge in [-0.1, -0.05) is 51.0 Å². The van der Waals surface area contributed by atoms with E-state index in [0.717, 1.165) is 24.2 Å². The van der Waals surface area contributed by atoms with E-state index < -0.39 is 0 Å². The van der Waals surface area contributed by atoms with E-state index >= 15 is 0 Å². The number of allylic oxidation sites excluding steroid dienone is 2. The van der Waals surface area contributed by atoms with E-state index in [1.165, 1.54) is 63.4 Å². The van der Waals surface area contributed by atoms with Crippen molar-refractivity contribution in [2.75, 3.05) is 0 Å². The molecule has 0 aromatic heterocycles. The van der Waals surface area contributed by atoms with Gasteiger partial charge in [-0.05, 0) is 97.6 Å². The zero-order valence-electron chi connectivity index (χ0n) is 16.7. The second-order valence-electron chi connectivity index (χ2n) is 10.2. The predicted octanol–water partition coefficient (Wildman–Crippen LogP) is 6.90. The smallest absolute Gasteiger partial charge is 0.115 e. The molecule has 142 valence electrons. The van der Waals surface area contributed by atoms with E-state index in [2.05, 4.69) is 32.1 Å². The Morgan fingerprint density at radius 2 is 1.92 bits per heavy atom. The van der Waals surface area contributed by atoms with Crippen LogP contribution in [-0.2, 0) is 6.42 Å². The zero-order valence-corrected chi connectivity index (χ0v) is 16.7. The zero-order chi connectivity index (χ0) is 18.2. The number of benzene rings is 1. The van der Waals surface area contributed by atoms with E-state index in [4.69, 9.17) is 0 Å². The van der Waals surface area contributed by atoms with Crippen molar-refractivity contribution in [2.45, 2.75) is 78.1 Å². The second kappa shape index (κ2) is 7.06. The van der Waals surface area contributed by atoms with Gasteiger partial charge in [0, 0.05) is 0 Å². The first-order chi connectivity index (χ1) is 12.5. The Morgan fingerprint density at radius 3 is 2.65 bits per heavy atom. The van der Waals surface area contributed by atoms with Crippen LogP contribution in [-0.4, -0.2) is 5.11 Å². The molecule has 0 radical (unpaired) electrons. The fraction of sp³-hybridized carbons (Fsp3) is 0.680. The van der Waals surface area contributed by atoms with E-state index in [0.29, 0.717) is 16.6 Å². The van der Waals surface area contributed by atoms with Gasteiger partial charge in [-0.3, -0.25) is 0 Å². The lowest BCUT2D eigenvalue weighted by molar-refractivity contribution is 0.0309. The number of hydrogen-bond acceptors (Lipinski definition) is 1. The number of rotatable bonds is 3. The van der Waals surface area contributed by atoms with Crippen LogP contribution in [0.2, 0.25) is 0 Å². The molecule has 1 nitrogen and oxygen atoms in total. The molecule has 1 heteroatoms. The first-order valence-electron chi connectivity index (χ1n) is 10.9. The van der Waals surface area contributed by atoms with Crippen molar-refractivity contribution in [2.24, 2.45) is 28.6 Å². The molecule has 1 aromatic rings. The molecule has 0 bridgehead atoms. The average molecular weight is 353 g/mol. The van der Waals surface area contributed by atoms with Gasteiger partial charge in [-0.25, -0.2) is 0 Å². The molecule has 26 heavy (non-hydrogen) atoms. The molecule has 1 N–H and O–H groups in total. The first-order valence-corrected chi connectivity index (χ1v) is 10.9. The maximum atomic E-state index is 9.86. The normalized spacial score (nSPS) is 36.5. The molecule has 3 aliphatic rings. The molecule has 0 heterocycles. The Bertz CT molecular complexity index is 654. The molecule has 0 saturated heterocycles. The van der Waals surface area contributed by atoms with Gasteiger partial charge in [0.05, 0.1) is 0 Å². The van der Waals surface area contributed by atoms with Gasteiger partial charge >= 0.3 is 0 Å². The second-order valence-corrected chi connectivity index (χ2v) is 10.2. The third-order valence-electron chi connectivity index (χ3n) is 7.88. The Balaban J connectivity index is 1.57. The molecule has 3 aliphatic carbocycles.